The molecule has 3 rings (SSSR count). The summed E-state index contributed by atoms with van der Waals surface area (Å²) in [5.74, 6) is -0.859. The first-order chi connectivity index (χ1) is 10.1. The Balaban J connectivity index is 2.59. The van der Waals surface area contributed by atoms with Gasteiger partial charge in [0.15, 0.2) is 5.75 Å². The molecule has 104 valence electrons. The Morgan fingerprint density at radius 2 is 1.71 bits per heavy atom. The van der Waals surface area contributed by atoms with Crippen LogP contribution in [0, 0.1) is 0 Å². The number of fused-ring (bicyclic) bond motifs is 3. The summed E-state index contributed by atoms with van der Waals surface area (Å²) in [6.45, 7) is 0. The average molecular weight is 280 g/mol. The number of carbonyl (C=O) groups excluding carboxylic acids is 1. The molecule has 4 nitrogen and oxygen atoms in total. The van der Waals surface area contributed by atoms with Crippen molar-refractivity contribution < 1.29 is 14.6 Å². The van der Waals surface area contributed by atoms with Crippen LogP contribution in [0.25, 0.3) is 21.9 Å². The Kier molecular flexibility index (Phi) is 3.06. The van der Waals surface area contributed by atoms with Crippen LogP contribution in [0.15, 0.2) is 53.3 Å². The van der Waals surface area contributed by atoms with E-state index in [4.69, 9.17) is 4.74 Å². The van der Waals surface area contributed by atoms with Gasteiger partial charge in [-0.05, 0) is 34.7 Å². The molecule has 0 aromatic heterocycles. The van der Waals surface area contributed by atoms with Gasteiger partial charge < -0.3 is 9.84 Å². The second-order valence-electron chi connectivity index (χ2n) is 4.66. The van der Waals surface area contributed by atoms with E-state index >= 15 is 0 Å². The first kappa shape index (κ1) is 13.1. The number of ether oxygens (including phenoxy) is 1. The fourth-order valence-electron chi connectivity index (χ4n) is 2.53. The number of rotatable bonds is 1. The highest BCUT2D eigenvalue weighted by Gasteiger charge is 2.22. The van der Waals surface area contributed by atoms with Gasteiger partial charge in [0, 0.05) is 5.39 Å². The summed E-state index contributed by atoms with van der Waals surface area (Å²) in [6.07, 6.45) is 0. The van der Waals surface area contributed by atoms with Crippen molar-refractivity contribution in [3.8, 4) is 16.9 Å². The minimum absolute atomic E-state index is 0.339. The van der Waals surface area contributed by atoms with Crippen molar-refractivity contribution in [2.24, 2.45) is 0 Å². The van der Waals surface area contributed by atoms with E-state index in [1.54, 1.807) is 6.07 Å². The van der Waals surface area contributed by atoms with Crippen LogP contribution in [0.3, 0.4) is 0 Å². The van der Waals surface area contributed by atoms with Crippen molar-refractivity contribution in [2.45, 2.75) is 0 Å². The van der Waals surface area contributed by atoms with Crippen LogP contribution in [-0.4, -0.2) is 18.2 Å². The van der Waals surface area contributed by atoms with Gasteiger partial charge in [-0.15, -0.1) is 0 Å². The normalized spacial score (nSPS) is 10.7. The first-order valence-electron chi connectivity index (χ1n) is 6.39. The van der Waals surface area contributed by atoms with Crippen LogP contribution in [0.5, 0.6) is 5.75 Å². The third-order valence-electron chi connectivity index (χ3n) is 3.48. The average Bonchev–Trinajstić information content (AvgIpc) is 2.65. The van der Waals surface area contributed by atoms with Gasteiger partial charge in [-0.2, -0.15) is 0 Å². The summed E-state index contributed by atoms with van der Waals surface area (Å²) < 4.78 is 4.84. The summed E-state index contributed by atoms with van der Waals surface area (Å²) in [7, 11) is 1.30. The van der Waals surface area contributed by atoms with E-state index in [0.29, 0.717) is 16.5 Å². The molecule has 0 unspecified atom stereocenters. The Morgan fingerprint density at radius 1 is 1.00 bits per heavy atom. The van der Waals surface area contributed by atoms with Crippen LogP contribution in [0.4, 0.5) is 0 Å². The second kappa shape index (κ2) is 4.90. The number of esters is 1. The minimum Gasteiger partial charge on any atom is -0.504 e. The van der Waals surface area contributed by atoms with E-state index in [9.17, 15) is 14.7 Å². The van der Waals surface area contributed by atoms with Gasteiger partial charge in [-0.1, -0.05) is 30.3 Å². The van der Waals surface area contributed by atoms with Crippen molar-refractivity contribution in [3.05, 3.63) is 64.3 Å². The van der Waals surface area contributed by atoms with E-state index in [-0.39, 0.29) is 5.75 Å². The fraction of sp³-hybridized carbons (Fsp3) is 0.0588. The molecular weight excluding hydrogens is 268 g/mol. The van der Waals surface area contributed by atoms with Crippen molar-refractivity contribution in [3.63, 3.8) is 0 Å². The van der Waals surface area contributed by atoms with Crippen molar-refractivity contribution in [1.29, 1.82) is 0 Å². The number of methoxy groups -OCH3 is 1. The van der Waals surface area contributed by atoms with Crippen LogP contribution in [0.1, 0.15) is 10.4 Å². The van der Waals surface area contributed by atoms with Crippen LogP contribution < -0.4 is 5.43 Å². The minimum atomic E-state index is -0.533. The Bertz CT molecular complexity index is 883. The zero-order chi connectivity index (χ0) is 15.0. The molecule has 0 heterocycles. The third kappa shape index (κ3) is 2.01. The number of hydrogen-bond acceptors (Lipinski definition) is 4. The molecule has 2 aliphatic carbocycles. The molecule has 0 amide bonds. The predicted octanol–water partition coefficient (Wildman–Crippen LogP) is 2.80. The lowest BCUT2D eigenvalue weighted by atomic mass is 10.1. The maximum absolute atomic E-state index is 12.1. The molecule has 0 spiro atoms. The molecule has 2 aliphatic rings. The van der Waals surface area contributed by atoms with Crippen molar-refractivity contribution >= 4 is 16.7 Å². The summed E-state index contributed by atoms with van der Waals surface area (Å²) >= 11 is 0. The smallest absolute Gasteiger partial charge is 0.339 e. The van der Waals surface area contributed by atoms with Crippen LogP contribution in [-0.2, 0) is 4.74 Å². The van der Waals surface area contributed by atoms with Crippen LogP contribution in [0.2, 0.25) is 0 Å². The van der Waals surface area contributed by atoms with E-state index in [0.717, 1.165) is 10.9 Å². The Hall–Kier alpha value is -2.88. The summed E-state index contributed by atoms with van der Waals surface area (Å²) in [4.78, 5) is 23.9. The topological polar surface area (TPSA) is 63.6 Å². The molecule has 0 atom stereocenters. The van der Waals surface area contributed by atoms with Gasteiger partial charge in [-0.3, -0.25) is 4.79 Å². The molecule has 1 aromatic carbocycles. The lowest BCUT2D eigenvalue weighted by molar-refractivity contribution is 0.0604. The largest absolute Gasteiger partial charge is 0.504 e. The fourth-order valence-corrected chi connectivity index (χ4v) is 2.53. The molecule has 0 saturated heterocycles. The van der Waals surface area contributed by atoms with Gasteiger partial charge in [0.25, 0.3) is 0 Å². The van der Waals surface area contributed by atoms with E-state index in [1.165, 1.54) is 19.2 Å². The monoisotopic (exact) mass is 280 g/mol. The zero-order valence-electron chi connectivity index (χ0n) is 11.3. The maximum Gasteiger partial charge on any atom is 0.339 e. The van der Waals surface area contributed by atoms with Crippen molar-refractivity contribution in [2.75, 3.05) is 7.11 Å². The molecule has 0 saturated carbocycles. The molecule has 0 aliphatic heterocycles. The van der Waals surface area contributed by atoms with Crippen molar-refractivity contribution in [1.82, 2.24) is 0 Å². The van der Waals surface area contributed by atoms with Gasteiger partial charge in [0.1, 0.15) is 0 Å². The van der Waals surface area contributed by atoms with Gasteiger partial charge >= 0.3 is 5.97 Å². The Labute approximate surface area is 120 Å². The number of aromatic hydroxyl groups is 1. The third-order valence-corrected chi connectivity index (χ3v) is 3.48. The van der Waals surface area contributed by atoms with Gasteiger partial charge in [0.2, 0.25) is 5.43 Å². The maximum atomic E-state index is 12.1. The molecular formula is C17H12O4. The number of carbonyl (C=O) groups is 1. The van der Waals surface area contributed by atoms with Gasteiger partial charge in [0.05, 0.1) is 12.7 Å². The highest BCUT2D eigenvalue weighted by molar-refractivity contribution is 6.17. The highest BCUT2D eigenvalue weighted by Crippen LogP contribution is 2.38. The second-order valence-corrected chi connectivity index (χ2v) is 4.66. The van der Waals surface area contributed by atoms with Gasteiger partial charge in [-0.25, -0.2) is 4.79 Å². The van der Waals surface area contributed by atoms with Crippen LogP contribution >= 0.6 is 0 Å². The predicted molar refractivity (Wildman–Crippen MR) is 79.8 cm³/mol. The molecule has 1 N–H and O–H groups in total. The summed E-state index contributed by atoms with van der Waals surface area (Å²) in [6, 6.07) is 13.5. The SMILES string of the molecule is COC(=O)c1c2cccccc-2c2ccc(O)c(=O)cc12. The number of hydrogen-bond donors (Lipinski definition) is 1. The van der Waals surface area contributed by atoms with E-state index < -0.39 is 11.4 Å². The summed E-state index contributed by atoms with van der Waals surface area (Å²) in [5.41, 5.74) is 1.35. The molecule has 1 aromatic rings. The van der Waals surface area contributed by atoms with E-state index in [1.807, 2.05) is 30.3 Å². The molecule has 0 fully saturated rings. The Morgan fingerprint density at radius 3 is 2.43 bits per heavy atom. The quantitative estimate of drug-likeness (QED) is 0.696. The molecule has 21 heavy (non-hydrogen) atoms. The van der Waals surface area contributed by atoms with E-state index in [2.05, 4.69) is 0 Å². The lowest BCUT2D eigenvalue weighted by Crippen LogP contribution is -2.02. The zero-order valence-corrected chi connectivity index (χ0v) is 11.3. The lowest BCUT2D eigenvalue weighted by Gasteiger charge is -1.99. The standard InChI is InChI=1S/C17H12O4/c1-21-17(20)16-12-6-4-2-3-5-10(12)11-7-8-14(18)15(19)9-13(11)16/h2-9H,1H3,(H,18,19). The first-order valence-corrected chi connectivity index (χ1v) is 6.39. The highest BCUT2D eigenvalue weighted by atomic mass is 16.5. The molecule has 0 radical (unpaired) electrons. The molecule has 0 bridgehead atoms. The molecule has 4 heteroatoms. The summed E-state index contributed by atoms with van der Waals surface area (Å²) in [5, 5.41) is 10.8.